The number of anilines is 1. The molecule has 1 aliphatic heterocycles. The highest BCUT2D eigenvalue weighted by Gasteiger charge is 2.41. The Morgan fingerprint density at radius 3 is 2.79 bits per heavy atom. The number of allylic oxidation sites excluding steroid dienone is 1. The summed E-state index contributed by atoms with van der Waals surface area (Å²) in [7, 11) is -1.48. The van der Waals surface area contributed by atoms with Gasteiger partial charge in [0.05, 0.1) is 5.69 Å². The Hall–Kier alpha value is -1.24. The average Bonchev–Trinajstić information content (AvgIpc) is 2.73. The van der Waals surface area contributed by atoms with Crippen molar-refractivity contribution < 1.29 is 18.7 Å². The van der Waals surface area contributed by atoms with E-state index in [-0.39, 0.29) is 5.69 Å². The molecule has 0 spiro atoms. The summed E-state index contributed by atoms with van der Waals surface area (Å²) in [5, 5.41) is 9.11. The summed E-state index contributed by atoms with van der Waals surface area (Å²) < 4.78 is 27.7. The monoisotopic (exact) mass is 283 g/mol. The van der Waals surface area contributed by atoms with Crippen molar-refractivity contribution in [2.45, 2.75) is 31.9 Å². The first-order valence-electron chi connectivity index (χ1n) is 6.22. The number of para-hydroxylation sites is 1. The van der Waals surface area contributed by atoms with Gasteiger partial charge < -0.3 is 0 Å². The molecular weight excluding hydrogens is 269 g/mol. The normalized spacial score (nSPS) is 26.7. The first-order chi connectivity index (χ1) is 9.24. The topological polar surface area (TPSA) is 49.8 Å². The van der Waals surface area contributed by atoms with E-state index in [4.69, 9.17) is 5.26 Å². The van der Waals surface area contributed by atoms with Crippen molar-refractivity contribution in [2.75, 3.05) is 4.31 Å². The first-order valence-corrected chi connectivity index (χ1v) is 7.32. The lowest BCUT2D eigenvalue weighted by Crippen LogP contribution is -2.34. The first kappa shape index (κ1) is 12.8. The summed E-state index contributed by atoms with van der Waals surface area (Å²) in [6.45, 7) is 0. The van der Waals surface area contributed by atoms with Crippen LogP contribution >= 0.6 is 0 Å². The fourth-order valence-electron chi connectivity index (χ4n) is 2.66. The van der Waals surface area contributed by atoms with Crippen LogP contribution in [0.3, 0.4) is 0 Å². The molecule has 19 heavy (non-hydrogen) atoms. The van der Waals surface area contributed by atoms with Gasteiger partial charge in [0.1, 0.15) is 5.82 Å². The van der Waals surface area contributed by atoms with E-state index in [2.05, 4.69) is 4.89 Å². The van der Waals surface area contributed by atoms with Crippen LogP contribution in [0.5, 0.6) is 0 Å². The number of halogens is 1. The molecule has 0 fully saturated rings. The van der Waals surface area contributed by atoms with Crippen molar-refractivity contribution in [1.29, 1.82) is 0 Å². The molecule has 1 aromatic rings. The van der Waals surface area contributed by atoms with E-state index in [0.717, 1.165) is 29.7 Å². The molecule has 0 saturated carbocycles. The molecule has 1 heterocycles. The third kappa shape index (κ3) is 2.00. The Bertz CT molecular complexity index is 561. The molecule has 2 aliphatic rings. The van der Waals surface area contributed by atoms with Crippen molar-refractivity contribution in [1.82, 2.24) is 0 Å². The standard InChI is InChI=1S/C13H14FNO3S/c14-10-6-2-3-7-11(10)15-13(18-16)9-5-1-4-8-12(9)19(15)17/h2-3,6-7,13,16H,1,4-5,8H2/t13-,19?/m0/s1. The van der Waals surface area contributed by atoms with E-state index < -0.39 is 23.0 Å². The summed E-state index contributed by atoms with van der Waals surface area (Å²) >= 11 is 0. The maximum atomic E-state index is 13.9. The zero-order chi connectivity index (χ0) is 13.4. The highest BCUT2D eigenvalue weighted by molar-refractivity contribution is 7.90. The van der Waals surface area contributed by atoms with Gasteiger partial charge in [0.2, 0.25) is 0 Å². The van der Waals surface area contributed by atoms with E-state index in [0.29, 0.717) is 6.42 Å². The molecule has 102 valence electrons. The van der Waals surface area contributed by atoms with Crippen molar-refractivity contribution in [3.8, 4) is 0 Å². The minimum absolute atomic E-state index is 0.189. The minimum atomic E-state index is -1.48. The summed E-state index contributed by atoms with van der Waals surface area (Å²) in [4.78, 5) is 5.25. The summed E-state index contributed by atoms with van der Waals surface area (Å²) in [5.41, 5.74) is 1.02. The van der Waals surface area contributed by atoms with E-state index in [1.54, 1.807) is 12.1 Å². The lowest BCUT2D eigenvalue weighted by atomic mass is 9.98. The molecule has 1 N–H and O–H groups in total. The van der Waals surface area contributed by atoms with Crippen LogP contribution in [-0.2, 0) is 15.9 Å². The number of nitrogens with zero attached hydrogens (tertiary/aromatic N) is 1. The SMILES string of the molecule is O=S1C2=C(CCCC2)[C@H](OO)N1c1ccccc1F. The molecule has 3 rings (SSSR count). The lowest BCUT2D eigenvalue weighted by molar-refractivity contribution is -0.265. The predicted molar refractivity (Wildman–Crippen MR) is 70.0 cm³/mol. The highest BCUT2D eigenvalue weighted by Crippen LogP contribution is 2.42. The van der Waals surface area contributed by atoms with Gasteiger partial charge in [0.25, 0.3) is 0 Å². The van der Waals surface area contributed by atoms with E-state index >= 15 is 0 Å². The Labute approximate surface area is 113 Å². The van der Waals surface area contributed by atoms with Gasteiger partial charge in [-0.2, -0.15) is 0 Å². The smallest absolute Gasteiger partial charge is 0.199 e. The van der Waals surface area contributed by atoms with E-state index in [9.17, 15) is 8.60 Å². The molecule has 0 radical (unpaired) electrons. The minimum Gasteiger partial charge on any atom is -0.251 e. The molecular formula is C13H14FNO3S. The summed E-state index contributed by atoms with van der Waals surface area (Å²) in [6, 6.07) is 6.08. The Kier molecular flexibility index (Phi) is 3.38. The molecule has 1 aliphatic carbocycles. The molecule has 0 saturated heterocycles. The largest absolute Gasteiger partial charge is 0.251 e. The fourth-order valence-corrected chi connectivity index (χ4v) is 4.31. The third-order valence-corrected chi connectivity index (χ3v) is 5.18. The number of rotatable bonds is 2. The van der Waals surface area contributed by atoms with Crippen molar-refractivity contribution >= 4 is 16.7 Å². The van der Waals surface area contributed by atoms with Crippen LogP contribution in [0.15, 0.2) is 34.7 Å². The van der Waals surface area contributed by atoms with Crippen molar-refractivity contribution in [3.63, 3.8) is 0 Å². The lowest BCUT2D eigenvalue weighted by Gasteiger charge is -2.24. The second-order valence-electron chi connectivity index (χ2n) is 4.64. The molecule has 0 aromatic heterocycles. The molecule has 1 unspecified atom stereocenters. The average molecular weight is 283 g/mol. The Morgan fingerprint density at radius 1 is 1.32 bits per heavy atom. The molecule has 2 atom stereocenters. The number of hydrogen-bond donors (Lipinski definition) is 1. The van der Waals surface area contributed by atoms with Crippen LogP contribution in [0.25, 0.3) is 0 Å². The molecule has 0 bridgehead atoms. The highest BCUT2D eigenvalue weighted by atomic mass is 32.2. The Morgan fingerprint density at radius 2 is 2.05 bits per heavy atom. The fraction of sp³-hybridized carbons (Fsp3) is 0.385. The van der Waals surface area contributed by atoms with Gasteiger partial charge in [-0.05, 0) is 43.4 Å². The van der Waals surface area contributed by atoms with Crippen LogP contribution in [0.2, 0.25) is 0 Å². The van der Waals surface area contributed by atoms with Gasteiger partial charge in [-0.15, -0.1) is 0 Å². The molecule has 4 nitrogen and oxygen atoms in total. The predicted octanol–water partition coefficient (Wildman–Crippen LogP) is 2.95. The van der Waals surface area contributed by atoms with Crippen molar-refractivity contribution in [2.24, 2.45) is 0 Å². The number of hydrogen-bond acceptors (Lipinski definition) is 3. The van der Waals surface area contributed by atoms with Crippen molar-refractivity contribution in [3.05, 3.63) is 40.6 Å². The van der Waals surface area contributed by atoms with Crippen LogP contribution in [-0.4, -0.2) is 15.7 Å². The second kappa shape index (κ2) is 5.03. The van der Waals surface area contributed by atoms with E-state index in [1.807, 2.05) is 0 Å². The number of benzene rings is 1. The van der Waals surface area contributed by atoms with Gasteiger partial charge in [-0.1, -0.05) is 12.1 Å². The van der Waals surface area contributed by atoms with Crippen LogP contribution in [0, 0.1) is 5.82 Å². The van der Waals surface area contributed by atoms with Gasteiger partial charge in [0.15, 0.2) is 17.2 Å². The van der Waals surface area contributed by atoms with Gasteiger partial charge >= 0.3 is 0 Å². The molecule has 6 heteroatoms. The van der Waals surface area contributed by atoms with Gasteiger partial charge in [-0.25, -0.2) is 18.7 Å². The van der Waals surface area contributed by atoms with Gasteiger partial charge in [0, 0.05) is 4.91 Å². The maximum Gasteiger partial charge on any atom is 0.199 e. The third-order valence-electron chi connectivity index (χ3n) is 3.55. The maximum absolute atomic E-state index is 13.9. The van der Waals surface area contributed by atoms with Gasteiger partial charge in [-0.3, -0.25) is 4.31 Å². The zero-order valence-corrected chi connectivity index (χ0v) is 11.0. The molecule has 0 amide bonds. The van der Waals surface area contributed by atoms with Crippen LogP contribution in [0.4, 0.5) is 10.1 Å². The zero-order valence-electron chi connectivity index (χ0n) is 10.2. The van der Waals surface area contributed by atoms with Crippen LogP contribution < -0.4 is 4.31 Å². The van der Waals surface area contributed by atoms with Crippen LogP contribution in [0.1, 0.15) is 25.7 Å². The summed E-state index contributed by atoms with van der Waals surface area (Å²) in [6.07, 6.45) is 2.55. The Balaban J connectivity index is 2.04. The van der Waals surface area contributed by atoms with E-state index in [1.165, 1.54) is 16.4 Å². The second-order valence-corrected chi connectivity index (χ2v) is 6.02. The summed E-state index contributed by atoms with van der Waals surface area (Å²) in [5.74, 6) is -0.474. The quantitative estimate of drug-likeness (QED) is 0.670. The molecule has 1 aromatic carbocycles.